The summed E-state index contributed by atoms with van der Waals surface area (Å²) in [6.45, 7) is 4.41. The Balaban J connectivity index is 2.12. The van der Waals surface area contributed by atoms with Gasteiger partial charge in [0.2, 0.25) is 0 Å². The van der Waals surface area contributed by atoms with E-state index in [0.29, 0.717) is 6.10 Å². The molecule has 0 unspecified atom stereocenters. The van der Waals surface area contributed by atoms with Gasteiger partial charge in [0.05, 0.1) is 6.10 Å². The molecule has 0 aromatic heterocycles. The van der Waals surface area contributed by atoms with Gasteiger partial charge in [0.25, 0.3) is 0 Å². The summed E-state index contributed by atoms with van der Waals surface area (Å²) in [6.07, 6.45) is 7.78. The van der Waals surface area contributed by atoms with Gasteiger partial charge in [-0.05, 0) is 55.7 Å². The van der Waals surface area contributed by atoms with Crippen LogP contribution in [0, 0.1) is 0 Å². The lowest BCUT2D eigenvalue weighted by molar-refractivity contribution is 0.208. The molecule has 0 atom stereocenters. The second-order valence-corrected chi connectivity index (χ2v) is 4.67. The number of ether oxygens (including phenoxy) is 1. The van der Waals surface area contributed by atoms with Crippen molar-refractivity contribution < 1.29 is 4.74 Å². The summed E-state index contributed by atoms with van der Waals surface area (Å²) >= 11 is 0. The van der Waals surface area contributed by atoms with Crippen LogP contribution in [-0.2, 0) is 12.8 Å². The molecule has 2 rings (SSSR count). The van der Waals surface area contributed by atoms with Gasteiger partial charge in [-0.15, -0.1) is 0 Å². The summed E-state index contributed by atoms with van der Waals surface area (Å²) in [6, 6.07) is 6.66. The van der Waals surface area contributed by atoms with Gasteiger partial charge in [-0.2, -0.15) is 0 Å². The molecule has 1 aliphatic rings. The lowest BCUT2D eigenvalue weighted by Gasteiger charge is -2.16. The Hall–Kier alpha value is -0.980. The fourth-order valence-corrected chi connectivity index (χ4v) is 2.43. The van der Waals surface area contributed by atoms with Crippen LogP contribution in [0.2, 0.25) is 0 Å². The van der Waals surface area contributed by atoms with E-state index in [1.54, 1.807) is 0 Å². The maximum absolute atomic E-state index is 6.10. The molecule has 1 aromatic carbocycles. The molecule has 0 radical (unpaired) electrons. The van der Waals surface area contributed by atoms with Crippen LogP contribution in [0.3, 0.4) is 0 Å². The second-order valence-electron chi connectivity index (χ2n) is 4.67. The van der Waals surface area contributed by atoms with Crippen molar-refractivity contribution in [3.63, 3.8) is 0 Å². The van der Waals surface area contributed by atoms with Crippen molar-refractivity contribution in [1.29, 1.82) is 0 Å². The molecule has 0 spiro atoms. The highest BCUT2D eigenvalue weighted by atomic mass is 16.5. The molecule has 0 saturated heterocycles. The average molecular weight is 218 g/mol. The first-order chi connectivity index (χ1) is 7.83. The molecule has 0 N–H and O–H groups in total. The van der Waals surface area contributed by atoms with Crippen LogP contribution >= 0.6 is 0 Å². The van der Waals surface area contributed by atoms with Crippen molar-refractivity contribution in [3.8, 4) is 5.75 Å². The van der Waals surface area contributed by atoms with Crippen LogP contribution in [-0.4, -0.2) is 6.10 Å². The summed E-state index contributed by atoms with van der Waals surface area (Å²) < 4.78 is 6.10. The maximum atomic E-state index is 6.10. The maximum Gasteiger partial charge on any atom is 0.122 e. The Bertz CT molecular complexity index is 337. The molecule has 0 heterocycles. The molecule has 1 saturated carbocycles. The predicted molar refractivity (Wildman–Crippen MR) is 68.1 cm³/mol. The first-order valence-corrected chi connectivity index (χ1v) is 6.62. The smallest absolute Gasteiger partial charge is 0.122 e. The molecule has 0 amide bonds. The molecule has 0 aliphatic heterocycles. The van der Waals surface area contributed by atoms with Crippen LogP contribution in [0.15, 0.2) is 18.2 Å². The van der Waals surface area contributed by atoms with Crippen molar-refractivity contribution in [1.82, 2.24) is 0 Å². The molecule has 1 fully saturated rings. The van der Waals surface area contributed by atoms with Gasteiger partial charge < -0.3 is 4.74 Å². The summed E-state index contributed by atoms with van der Waals surface area (Å²) in [4.78, 5) is 0. The minimum absolute atomic E-state index is 0.470. The number of aryl methyl sites for hydroxylation is 2. The van der Waals surface area contributed by atoms with E-state index >= 15 is 0 Å². The van der Waals surface area contributed by atoms with E-state index in [0.717, 1.165) is 18.6 Å². The molecular weight excluding hydrogens is 196 g/mol. The van der Waals surface area contributed by atoms with Crippen LogP contribution in [0.5, 0.6) is 5.75 Å². The number of hydrogen-bond acceptors (Lipinski definition) is 1. The lowest BCUT2D eigenvalue weighted by Crippen LogP contribution is -2.12. The Morgan fingerprint density at radius 2 is 1.88 bits per heavy atom. The molecule has 16 heavy (non-hydrogen) atoms. The highest BCUT2D eigenvalue weighted by Gasteiger charge is 2.17. The molecule has 1 heteroatoms. The van der Waals surface area contributed by atoms with Crippen LogP contribution in [0.25, 0.3) is 0 Å². The monoisotopic (exact) mass is 218 g/mol. The number of hydrogen-bond donors (Lipinski definition) is 0. The van der Waals surface area contributed by atoms with E-state index in [-0.39, 0.29) is 0 Å². The Morgan fingerprint density at radius 1 is 1.12 bits per heavy atom. The average Bonchev–Trinajstić information content (AvgIpc) is 2.82. The molecule has 88 valence electrons. The zero-order valence-corrected chi connectivity index (χ0v) is 10.5. The minimum Gasteiger partial charge on any atom is -0.490 e. The highest BCUT2D eigenvalue weighted by molar-refractivity contribution is 5.37. The highest BCUT2D eigenvalue weighted by Crippen LogP contribution is 2.27. The van der Waals surface area contributed by atoms with Crippen LogP contribution < -0.4 is 4.74 Å². The Kier molecular flexibility index (Phi) is 3.87. The van der Waals surface area contributed by atoms with Crippen molar-refractivity contribution >= 4 is 0 Å². The molecule has 0 bridgehead atoms. The van der Waals surface area contributed by atoms with E-state index in [1.165, 1.54) is 36.8 Å². The van der Waals surface area contributed by atoms with Crippen molar-refractivity contribution in [2.45, 2.75) is 58.5 Å². The summed E-state index contributed by atoms with van der Waals surface area (Å²) in [5, 5.41) is 0. The van der Waals surface area contributed by atoms with Gasteiger partial charge in [-0.3, -0.25) is 0 Å². The fraction of sp³-hybridized carbons (Fsp3) is 0.600. The van der Waals surface area contributed by atoms with Crippen molar-refractivity contribution in [3.05, 3.63) is 29.3 Å². The fourth-order valence-electron chi connectivity index (χ4n) is 2.43. The second kappa shape index (κ2) is 5.38. The minimum atomic E-state index is 0.470. The van der Waals surface area contributed by atoms with Gasteiger partial charge >= 0.3 is 0 Å². The third-order valence-electron chi connectivity index (χ3n) is 3.51. The van der Waals surface area contributed by atoms with Gasteiger partial charge in [0.1, 0.15) is 5.75 Å². The largest absolute Gasteiger partial charge is 0.490 e. The zero-order valence-electron chi connectivity index (χ0n) is 10.5. The summed E-state index contributed by atoms with van der Waals surface area (Å²) in [5.74, 6) is 1.12. The van der Waals surface area contributed by atoms with Gasteiger partial charge in [0.15, 0.2) is 0 Å². The zero-order chi connectivity index (χ0) is 11.4. The number of rotatable bonds is 4. The van der Waals surface area contributed by atoms with Gasteiger partial charge in [0, 0.05) is 0 Å². The molecular formula is C15H22O. The molecule has 1 aromatic rings. The first kappa shape index (κ1) is 11.5. The topological polar surface area (TPSA) is 9.23 Å². The quantitative estimate of drug-likeness (QED) is 0.738. The summed E-state index contributed by atoms with van der Waals surface area (Å²) in [7, 11) is 0. The van der Waals surface area contributed by atoms with Gasteiger partial charge in [-0.1, -0.05) is 26.0 Å². The Morgan fingerprint density at radius 3 is 2.50 bits per heavy atom. The van der Waals surface area contributed by atoms with E-state index in [9.17, 15) is 0 Å². The SMILES string of the molecule is CCc1ccc(OC2CCCC2)c(CC)c1. The van der Waals surface area contributed by atoms with E-state index in [4.69, 9.17) is 4.74 Å². The first-order valence-electron chi connectivity index (χ1n) is 6.62. The predicted octanol–water partition coefficient (Wildman–Crippen LogP) is 4.13. The summed E-state index contributed by atoms with van der Waals surface area (Å²) in [5.41, 5.74) is 2.78. The van der Waals surface area contributed by atoms with Gasteiger partial charge in [-0.25, -0.2) is 0 Å². The normalized spacial score (nSPS) is 16.6. The third-order valence-corrected chi connectivity index (χ3v) is 3.51. The molecule has 1 aliphatic carbocycles. The standard InChI is InChI=1S/C15H22O/c1-3-12-9-10-15(13(4-2)11-12)16-14-7-5-6-8-14/h9-11,14H,3-8H2,1-2H3. The third kappa shape index (κ3) is 2.58. The van der Waals surface area contributed by atoms with Crippen molar-refractivity contribution in [2.24, 2.45) is 0 Å². The van der Waals surface area contributed by atoms with E-state index in [1.807, 2.05) is 0 Å². The van der Waals surface area contributed by atoms with E-state index in [2.05, 4.69) is 32.0 Å². The lowest BCUT2D eigenvalue weighted by atomic mass is 10.1. The number of benzene rings is 1. The van der Waals surface area contributed by atoms with Crippen LogP contribution in [0.1, 0.15) is 50.7 Å². The van der Waals surface area contributed by atoms with Crippen molar-refractivity contribution in [2.75, 3.05) is 0 Å². The van der Waals surface area contributed by atoms with Crippen LogP contribution in [0.4, 0.5) is 0 Å². The Labute approximate surface area is 98.8 Å². The molecule has 1 nitrogen and oxygen atoms in total. The van der Waals surface area contributed by atoms with E-state index < -0.39 is 0 Å².